The summed E-state index contributed by atoms with van der Waals surface area (Å²) < 4.78 is 0. The van der Waals surface area contributed by atoms with Gasteiger partial charge < -0.3 is 0 Å². The lowest BCUT2D eigenvalue weighted by Gasteiger charge is -2.20. The molecule has 0 fully saturated rings. The van der Waals surface area contributed by atoms with Crippen LogP contribution in [-0.2, 0) is 6.42 Å². The molecule has 1 nitrogen and oxygen atoms in total. The van der Waals surface area contributed by atoms with E-state index >= 15 is 0 Å². The molecule has 16 heavy (non-hydrogen) atoms. The van der Waals surface area contributed by atoms with Gasteiger partial charge in [-0.3, -0.25) is 0 Å². The van der Waals surface area contributed by atoms with Gasteiger partial charge in [0.2, 0.25) is 0 Å². The average Bonchev–Trinajstić information content (AvgIpc) is 2.31. The van der Waals surface area contributed by atoms with E-state index in [9.17, 15) is 0 Å². The lowest BCUT2D eigenvalue weighted by molar-refractivity contribution is 0.344. The van der Waals surface area contributed by atoms with E-state index in [-0.39, 0.29) is 5.41 Å². The molecule has 0 aliphatic rings. The van der Waals surface area contributed by atoms with Gasteiger partial charge in [-0.15, -0.1) is 0 Å². The van der Waals surface area contributed by atoms with Crippen LogP contribution in [0, 0.1) is 16.7 Å². The van der Waals surface area contributed by atoms with E-state index in [1.165, 1.54) is 5.56 Å². The van der Waals surface area contributed by atoms with Crippen LogP contribution < -0.4 is 0 Å². The Labute approximate surface area is 100 Å². The van der Waals surface area contributed by atoms with Crippen LogP contribution in [-0.4, -0.2) is 0 Å². The van der Waals surface area contributed by atoms with Crippen molar-refractivity contribution in [2.75, 3.05) is 0 Å². The molecule has 0 unspecified atom stereocenters. The quantitative estimate of drug-likeness (QED) is 0.724. The first-order chi connectivity index (χ1) is 7.64. The molecule has 0 saturated carbocycles. The van der Waals surface area contributed by atoms with Crippen LogP contribution in [0.3, 0.4) is 0 Å². The average molecular weight is 217 g/mol. The molecule has 1 rings (SSSR count). The van der Waals surface area contributed by atoms with Gasteiger partial charge in [-0.2, -0.15) is 5.26 Å². The van der Waals surface area contributed by atoms with Crippen LogP contribution in [0.4, 0.5) is 0 Å². The molecule has 0 amide bonds. The summed E-state index contributed by atoms with van der Waals surface area (Å²) in [6.07, 6.45) is 2.78. The maximum Gasteiger partial charge on any atom is 0.0627 e. The van der Waals surface area contributed by atoms with E-state index in [0.717, 1.165) is 12.8 Å². The summed E-state index contributed by atoms with van der Waals surface area (Å²) in [7, 11) is 0. The normalized spacial score (nSPS) is 9.94. The minimum absolute atomic E-state index is 0.143. The van der Waals surface area contributed by atoms with E-state index in [2.05, 4.69) is 44.2 Å². The van der Waals surface area contributed by atoms with Gasteiger partial charge in [-0.05, 0) is 23.8 Å². The van der Waals surface area contributed by atoms with E-state index in [1.807, 2.05) is 19.9 Å². The van der Waals surface area contributed by atoms with Crippen molar-refractivity contribution in [1.82, 2.24) is 0 Å². The van der Waals surface area contributed by atoms with E-state index in [4.69, 9.17) is 5.26 Å². The third-order valence-corrected chi connectivity index (χ3v) is 2.49. The Bertz CT molecular complexity index is 306. The highest BCUT2D eigenvalue weighted by Gasteiger charge is 2.16. The topological polar surface area (TPSA) is 23.8 Å². The summed E-state index contributed by atoms with van der Waals surface area (Å²) in [5.41, 5.74) is 1.50. The van der Waals surface area contributed by atoms with Gasteiger partial charge in [0.05, 0.1) is 6.07 Å². The monoisotopic (exact) mass is 217 g/mol. The summed E-state index contributed by atoms with van der Waals surface area (Å²) in [4.78, 5) is 0. The van der Waals surface area contributed by atoms with Gasteiger partial charge in [0.1, 0.15) is 0 Å². The van der Waals surface area contributed by atoms with Crippen molar-refractivity contribution in [1.29, 1.82) is 5.26 Å². The summed E-state index contributed by atoms with van der Waals surface area (Å²) in [5.74, 6) is 0. The van der Waals surface area contributed by atoms with Crippen molar-refractivity contribution >= 4 is 0 Å². The van der Waals surface area contributed by atoms with E-state index in [0.29, 0.717) is 6.42 Å². The third kappa shape index (κ3) is 6.24. The van der Waals surface area contributed by atoms with Crippen molar-refractivity contribution in [3.63, 3.8) is 0 Å². The molecule has 0 spiro atoms. The molecule has 88 valence electrons. The maximum absolute atomic E-state index is 8.65. The molecule has 1 heteroatoms. The lowest BCUT2D eigenvalue weighted by Crippen LogP contribution is -2.11. The van der Waals surface area contributed by atoms with Gasteiger partial charge in [-0.1, -0.05) is 58.0 Å². The Morgan fingerprint density at radius 3 is 2.19 bits per heavy atom. The SMILES string of the molecule is CC.CC(C)(CC#N)CCc1ccccc1. The molecule has 0 heterocycles. The van der Waals surface area contributed by atoms with Gasteiger partial charge in [0.25, 0.3) is 0 Å². The fourth-order valence-electron chi connectivity index (χ4n) is 1.43. The predicted octanol–water partition coefficient (Wildman–Crippen LogP) is 4.59. The van der Waals surface area contributed by atoms with Crippen molar-refractivity contribution < 1.29 is 0 Å². The largest absolute Gasteiger partial charge is 0.198 e. The van der Waals surface area contributed by atoms with Crippen molar-refractivity contribution in [3.8, 4) is 6.07 Å². The van der Waals surface area contributed by atoms with Gasteiger partial charge in [0, 0.05) is 6.42 Å². The third-order valence-electron chi connectivity index (χ3n) is 2.49. The smallest absolute Gasteiger partial charge is 0.0627 e. The Balaban J connectivity index is 0.00000106. The molecule has 1 aromatic rings. The van der Waals surface area contributed by atoms with Crippen molar-refractivity contribution in [2.45, 2.75) is 47.0 Å². The Kier molecular flexibility index (Phi) is 7.29. The van der Waals surface area contributed by atoms with Crippen LogP contribution in [0.15, 0.2) is 30.3 Å². The Hall–Kier alpha value is -1.29. The fourth-order valence-corrected chi connectivity index (χ4v) is 1.43. The van der Waals surface area contributed by atoms with Gasteiger partial charge in [0.15, 0.2) is 0 Å². The zero-order chi connectivity index (χ0) is 12.4. The zero-order valence-corrected chi connectivity index (χ0v) is 11.0. The molecular weight excluding hydrogens is 194 g/mol. The van der Waals surface area contributed by atoms with Crippen LogP contribution >= 0.6 is 0 Å². The first kappa shape index (κ1) is 14.7. The second kappa shape index (κ2) is 7.93. The minimum Gasteiger partial charge on any atom is -0.198 e. The van der Waals surface area contributed by atoms with E-state index in [1.54, 1.807) is 0 Å². The number of rotatable bonds is 4. The van der Waals surface area contributed by atoms with Crippen LogP contribution in [0.5, 0.6) is 0 Å². The number of nitriles is 1. The molecule has 0 atom stereocenters. The highest BCUT2D eigenvalue weighted by molar-refractivity contribution is 5.14. The molecule has 1 aromatic carbocycles. The molecular formula is C15H23N. The second-order valence-corrected chi connectivity index (χ2v) is 4.48. The Morgan fingerprint density at radius 1 is 1.12 bits per heavy atom. The lowest BCUT2D eigenvalue weighted by atomic mass is 9.84. The number of hydrogen-bond acceptors (Lipinski definition) is 1. The highest BCUT2D eigenvalue weighted by Crippen LogP contribution is 2.26. The summed E-state index contributed by atoms with van der Waals surface area (Å²) >= 11 is 0. The molecule has 0 saturated heterocycles. The van der Waals surface area contributed by atoms with E-state index < -0.39 is 0 Å². The Morgan fingerprint density at radius 2 is 1.69 bits per heavy atom. The number of nitrogens with zero attached hydrogens (tertiary/aromatic N) is 1. The van der Waals surface area contributed by atoms with Crippen LogP contribution in [0.25, 0.3) is 0 Å². The zero-order valence-electron chi connectivity index (χ0n) is 11.0. The van der Waals surface area contributed by atoms with Gasteiger partial charge >= 0.3 is 0 Å². The second-order valence-electron chi connectivity index (χ2n) is 4.48. The standard InChI is InChI=1S/C13H17N.C2H6/c1-13(2,10-11-14)9-8-12-6-4-3-5-7-12;1-2/h3-7H,8-10H2,1-2H3;1-2H3. The van der Waals surface area contributed by atoms with Gasteiger partial charge in [-0.25, -0.2) is 0 Å². The van der Waals surface area contributed by atoms with Crippen LogP contribution in [0.2, 0.25) is 0 Å². The number of aryl methyl sites for hydroxylation is 1. The number of hydrogen-bond donors (Lipinski definition) is 0. The minimum atomic E-state index is 0.143. The summed E-state index contributed by atoms with van der Waals surface area (Å²) in [5, 5.41) is 8.65. The molecule has 0 aromatic heterocycles. The molecule has 0 aliphatic carbocycles. The first-order valence-corrected chi connectivity index (χ1v) is 6.05. The number of benzene rings is 1. The fraction of sp³-hybridized carbons (Fsp3) is 0.533. The van der Waals surface area contributed by atoms with Crippen LogP contribution in [0.1, 0.15) is 46.1 Å². The first-order valence-electron chi connectivity index (χ1n) is 6.05. The summed E-state index contributed by atoms with van der Waals surface area (Å²) in [6, 6.07) is 12.7. The van der Waals surface area contributed by atoms with Crippen molar-refractivity contribution in [3.05, 3.63) is 35.9 Å². The molecule has 0 aliphatic heterocycles. The predicted molar refractivity (Wildman–Crippen MR) is 70.1 cm³/mol. The highest BCUT2D eigenvalue weighted by atomic mass is 14.3. The molecule has 0 N–H and O–H groups in total. The maximum atomic E-state index is 8.65. The molecule has 0 bridgehead atoms. The summed E-state index contributed by atoms with van der Waals surface area (Å²) in [6.45, 7) is 8.30. The molecule has 0 radical (unpaired) electrons. The van der Waals surface area contributed by atoms with Crippen molar-refractivity contribution in [2.24, 2.45) is 5.41 Å².